The predicted molar refractivity (Wildman–Crippen MR) is 73.3 cm³/mol. The summed E-state index contributed by atoms with van der Waals surface area (Å²) >= 11 is 0. The van der Waals surface area contributed by atoms with Crippen LogP contribution in [0.4, 0.5) is 5.69 Å². The first-order valence-electron chi connectivity index (χ1n) is 6.36. The molecule has 1 aromatic heterocycles. The number of aromatic nitrogens is 4. The van der Waals surface area contributed by atoms with Crippen molar-refractivity contribution in [1.82, 2.24) is 20.2 Å². The van der Waals surface area contributed by atoms with Crippen molar-refractivity contribution in [1.29, 1.82) is 0 Å². The Kier molecular flexibility index (Phi) is 4.46. The van der Waals surface area contributed by atoms with Crippen molar-refractivity contribution in [3.8, 4) is 11.4 Å². The van der Waals surface area contributed by atoms with Crippen LogP contribution in [-0.4, -0.2) is 33.4 Å². The number of hydrogen-bond acceptors (Lipinski definition) is 5. The van der Waals surface area contributed by atoms with E-state index in [1.54, 1.807) is 4.68 Å². The van der Waals surface area contributed by atoms with Crippen molar-refractivity contribution in [3.05, 3.63) is 24.3 Å². The Bertz CT molecular complexity index is 523. The van der Waals surface area contributed by atoms with Gasteiger partial charge >= 0.3 is 0 Å². The number of tetrazole rings is 1. The van der Waals surface area contributed by atoms with E-state index in [1.165, 1.54) is 0 Å². The Morgan fingerprint density at radius 1 is 1.37 bits per heavy atom. The van der Waals surface area contributed by atoms with Gasteiger partial charge in [0.25, 0.3) is 0 Å². The number of nitrogens with zero attached hydrogens (tertiary/aromatic N) is 4. The lowest BCUT2D eigenvalue weighted by molar-refractivity contribution is 0.101. The lowest BCUT2D eigenvalue weighted by atomic mass is 10.2. The summed E-state index contributed by atoms with van der Waals surface area (Å²) in [5, 5.41) is 11.7. The molecule has 2 N–H and O–H groups in total. The molecule has 0 aliphatic heterocycles. The molecule has 0 atom stereocenters. The number of ether oxygens (including phenoxy) is 1. The minimum absolute atomic E-state index is 0.530. The fraction of sp³-hybridized carbons (Fsp3) is 0.462. The first-order valence-corrected chi connectivity index (χ1v) is 6.36. The first kappa shape index (κ1) is 13.5. The largest absolute Gasteiger partial charge is 0.399 e. The third-order valence-corrected chi connectivity index (χ3v) is 2.58. The quantitative estimate of drug-likeness (QED) is 0.631. The van der Waals surface area contributed by atoms with E-state index in [0.717, 1.165) is 12.2 Å². The smallest absolute Gasteiger partial charge is 0.182 e. The average molecular weight is 261 g/mol. The topological polar surface area (TPSA) is 78.8 Å². The fourth-order valence-corrected chi connectivity index (χ4v) is 1.71. The van der Waals surface area contributed by atoms with Crippen LogP contribution in [0.2, 0.25) is 0 Å². The zero-order valence-corrected chi connectivity index (χ0v) is 11.3. The third-order valence-electron chi connectivity index (χ3n) is 2.58. The number of nitrogens with two attached hydrogens (primary N) is 1. The second kappa shape index (κ2) is 6.29. The van der Waals surface area contributed by atoms with E-state index in [1.807, 2.05) is 24.3 Å². The molecule has 0 aliphatic carbocycles. The normalized spacial score (nSPS) is 11.1. The molecule has 2 aromatic rings. The number of benzene rings is 1. The lowest BCUT2D eigenvalue weighted by Crippen LogP contribution is -2.11. The monoisotopic (exact) mass is 261 g/mol. The Labute approximate surface area is 112 Å². The van der Waals surface area contributed by atoms with Gasteiger partial charge in [-0.25, -0.2) is 4.68 Å². The van der Waals surface area contributed by atoms with E-state index in [9.17, 15) is 0 Å². The van der Waals surface area contributed by atoms with E-state index in [2.05, 4.69) is 29.4 Å². The molecule has 0 saturated heterocycles. The molecule has 19 heavy (non-hydrogen) atoms. The molecule has 0 bridgehead atoms. The van der Waals surface area contributed by atoms with Crippen molar-refractivity contribution in [3.63, 3.8) is 0 Å². The predicted octanol–water partition coefficient (Wildman–Crippen LogP) is 1.59. The summed E-state index contributed by atoms with van der Waals surface area (Å²) in [6.45, 7) is 6.21. The molecule has 0 amide bonds. The summed E-state index contributed by atoms with van der Waals surface area (Å²) in [4.78, 5) is 0. The van der Waals surface area contributed by atoms with Crippen molar-refractivity contribution < 1.29 is 4.74 Å². The molecule has 6 nitrogen and oxygen atoms in total. The minimum atomic E-state index is 0.530. The summed E-state index contributed by atoms with van der Waals surface area (Å²) in [7, 11) is 0. The van der Waals surface area contributed by atoms with Gasteiger partial charge in [-0.1, -0.05) is 26.0 Å². The van der Waals surface area contributed by atoms with E-state index in [-0.39, 0.29) is 0 Å². The van der Waals surface area contributed by atoms with Crippen LogP contribution in [0, 0.1) is 5.92 Å². The molecular weight excluding hydrogens is 242 g/mol. The highest BCUT2D eigenvalue weighted by Gasteiger charge is 2.08. The molecule has 0 saturated carbocycles. The van der Waals surface area contributed by atoms with E-state index < -0.39 is 0 Å². The summed E-state index contributed by atoms with van der Waals surface area (Å²) in [5.74, 6) is 1.24. The van der Waals surface area contributed by atoms with Gasteiger partial charge in [0, 0.05) is 17.9 Å². The number of rotatable bonds is 6. The molecular formula is C13H19N5O. The summed E-state index contributed by atoms with van der Waals surface area (Å²) in [5.41, 5.74) is 7.38. The van der Waals surface area contributed by atoms with Crippen molar-refractivity contribution in [2.75, 3.05) is 18.9 Å². The molecule has 1 aromatic carbocycles. The van der Waals surface area contributed by atoms with Crippen LogP contribution >= 0.6 is 0 Å². The highest BCUT2D eigenvalue weighted by molar-refractivity contribution is 5.60. The summed E-state index contributed by atoms with van der Waals surface area (Å²) in [6.07, 6.45) is 0. The van der Waals surface area contributed by atoms with Gasteiger partial charge < -0.3 is 10.5 Å². The first-order chi connectivity index (χ1) is 9.16. The van der Waals surface area contributed by atoms with Crippen LogP contribution in [0.3, 0.4) is 0 Å². The van der Waals surface area contributed by atoms with Gasteiger partial charge in [0.1, 0.15) is 0 Å². The van der Waals surface area contributed by atoms with Crippen LogP contribution in [0.15, 0.2) is 24.3 Å². The maximum absolute atomic E-state index is 5.77. The van der Waals surface area contributed by atoms with Crippen molar-refractivity contribution >= 4 is 5.69 Å². The number of nitrogen functional groups attached to an aromatic ring is 1. The third kappa shape index (κ3) is 3.75. The van der Waals surface area contributed by atoms with Crippen molar-refractivity contribution in [2.45, 2.75) is 20.4 Å². The molecule has 0 radical (unpaired) electrons. The zero-order chi connectivity index (χ0) is 13.7. The van der Waals surface area contributed by atoms with Crippen LogP contribution in [0.1, 0.15) is 13.8 Å². The Morgan fingerprint density at radius 3 is 2.95 bits per heavy atom. The second-order valence-electron chi connectivity index (χ2n) is 4.82. The minimum Gasteiger partial charge on any atom is -0.399 e. The molecule has 2 rings (SSSR count). The van der Waals surface area contributed by atoms with Crippen LogP contribution in [0.25, 0.3) is 11.4 Å². The molecule has 1 heterocycles. The van der Waals surface area contributed by atoms with E-state index in [0.29, 0.717) is 30.6 Å². The molecule has 0 unspecified atom stereocenters. The molecule has 6 heteroatoms. The average Bonchev–Trinajstić information content (AvgIpc) is 2.83. The van der Waals surface area contributed by atoms with Gasteiger partial charge in [0.15, 0.2) is 5.82 Å². The number of anilines is 1. The maximum Gasteiger partial charge on any atom is 0.182 e. The van der Waals surface area contributed by atoms with Gasteiger partial charge in [0.2, 0.25) is 0 Å². The van der Waals surface area contributed by atoms with Crippen LogP contribution < -0.4 is 5.73 Å². The lowest BCUT2D eigenvalue weighted by Gasteiger charge is -2.08. The standard InChI is InChI=1S/C13H19N5O/c1-10(2)9-19-7-6-18-13(15-16-17-18)11-4-3-5-12(14)8-11/h3-5,8,10H,6-7,9,14H2,1-2H3. The molecule has 0 fully saturated rings. The Morgan fingerprint density at radius 2 is 2.21 bits per heavy atom. The van der Waals surface area contributed by atoms with E-state index >= 15 is 0 Å². The molecule has 0 spiro atoms. The Balaban J connectivity index is 2.02. The van der Waals surface area contributed by atoms with Gasteiger partial charge in [-0.3, -0.25) is 0 Å². The highest BCUT2D eigenvalue weighted by atomic mass is 16.5. The van der Waals surface area contributed by atoms with E-state index in [4.69, 9.17) is 10.5 Å². The zero-order valence-electron chi connectivity index (χ0n) is 11.3. The second-order valence-corrected chi connectivity index (χ2v) is 4.82. The van der Waals surface area contributed by atoms with Gasteiger partial charge in [-0.05, 0) is 28.5 Å². The van der Waals surface area contributed by atoms with Gasteiger partial charge in [-0.2, -0.15) is 0 Å². The van der Waals surface area contributed by atoms with Gasteiger partial charge in [0.05, 0.1) is 13.2 Å². The summed E-state index contributed by atoms with van der Waals surface area (Å²) in [6, 6.07) is 7.52. The van der Waals surface area contributed by atoms with Crippen LogP contribution in [-0.2, 0) is 11.3 Å². The molecule has 0 aliphatic rings. The van der Waals surface area contributed by atoms with Crippen LogP contribution in [0.5, 0.6) is 0 Å². The van der Waals surface area contributed by atoms with Gasteiger partial charge in [-0.15, -0.1) is 5.10 Å². The fourth-order valence-electron chi connectivity index (χ4n) is 1.71. The highest BCUT2D eigenvalue weighted by Crippen LogP contribution is 2.18. The SMILES string of the molecule is CC(C)COCCn1nnnc1-c1cccc(N)c1. The van der Waals surface area contributed by atoms with Crippen molar-refractivity contribution in [2.24, 2.45) is 5.92 Å². The summed E-state index contributed by atoms with van der Waals surface area (Å²) < 4.78 is 7.27. The Hall–Kier alpha value is -1.95. The number of hydrogen-bond donors (Lipinski definition) is 1. The maximum atomic E-state index is 5.77. The molecule has 102 valence electrons.